The van der Waals surface area contributed by atoms with Crippen LogP contribution in [0.2, 0.25) is 0 Å². The molecular weight excluding hydrogens is 418 g/mol. The fourth-order valence-corrected chi connectivity index (χ4v) is 5.53. The minimum atomic E-state index is 0.128. The van der Waals surface area contributed by atoms with E-state index in [0.29, 0.717) is 17.7 Å². The minimum Gasteiger partial charge on any atom is -0.381 e. The topological polar surface area (TPSA) is 47.4 Å². The third-order valence-corrected chi connectivity index (χ3v) is 7.00. The number of benzene rings is 1. The summed E-state index contributed by atoms with van der Waals surface area (Å²) in [6.45, 7) is 2.40. The maximum atomic E-state index is 13.6. The van der Waals surface area contributed by atoms with Gasteiger partial charge in [-0.25, -0.2) is 4.68 Å². The van der Waals surface area contributed by atoms with Gasteiger partial charge in [0.1, 0.15) is 0 Å². The molecular formula is C22H26BrN3O2. The number of halogens is 1. The first-order valence-corrected chi connectivity index (χ1v) is 11.3. The van der Waals surface area contributed by atoms with Crippen molar-refractivity contribution in [3.63, 3.8) is 0 Å². The summed E-state index contributed by atoms with van der Waals surface area (Å²) >= 11 is 3.56. The van der Waals surface area contributed by atoms with Gasteiger partial charge in [-0.05, 0) is 63.1 Å². The van der Waals surface area contributed by atoms with Crippen molar-refractivity contribution >= 4 is 21.8 Å². The smallest absolute Gasteiger partial charge is 0.274 e. The zero-order valence-electron chi connectivity index (χ0n) is 16.1. The van der Waals surface area contributed by atoms with Gasteiger partial charge in [0.15, 0.2) is 5.69 Å². The van der Waals surface area contributed by atoms with Crippen LogP contribution in [0, 0.1) is 5.92 Å². The Morgan fingerprint density at radius 2 is 2.07 bits per heavy atom. The minimum absolute atomic E-state index is 0.128. The molecule has 2 aromatic rings. The summed E-state index contributed by atoms with van der Waals surface area (Å²) in [6, 6.07) is 8.49. The zero-order valence-corrected chi connectivity index (χ0v) is 17.7. The van der Waals surface area contributed by atoms with Crippen molar-refractivity contribution in [2.45, 2.75) is 51.0 Å². The van der Waals surface area contributed by atoms with Gasteiger partial charge in [-0.1, -0.05) is 22.0 Å². The molecule has 5 rings (SSSR count). The van der Waals surface area contributed by atoms with Crippen molar-refractivity contribution in [1.29, 1.82) is 0 Å². The number of ether oxygens (including phenoxy) is 1. The monoisotopic (exact) mass is 443 g/mol. The predicted octanol–water partition coefficient (Wildman–Crippen LogP) is 4.15. The molecule has 0 radical (unpaired) electrons. The van der Waals surface area contributed by atoms with Gasteiger partial charge in [0.2, 0.25) is 0 Å². The van der Waals surface area contributed by atoms with E-state index in [9.17, 15) is 4.79 Å². The lowest BCUT2D eigenvalue weighted by Crippen LogP contribution is -2.52. The molecule has 28 heavy (non-hydrogen) atoms. The number of amides is 1. The standard InChI is InChI=1S/C22H26BrN3O2/c23-16-6-3-7-17(13-16)26-20-9-2-1-8-18(20)21(24-26)22(27)25-11-4-5-15-14-28-12-10-19(15)25/h3,6-7,13,15,19H,1-2,4-5,8-12,14H2. The van der Waals surface area contributed by atoms with Gasteiger partial charge < -0.3 is 9.64 Å². The molecule has 0 bridgehead atoms. The van der Waals surface area contributed by atoms with E-state index in [0.717, 1.165) is 68.4 Å². The van der Waals surface area contributed by atoms with Crippen molar-refractivity contribution in [2.75, 3.05) is 19.8 Å². The molecule has 1 aliphatic carbocycles. The number of hydrogen-bond donors (Lipinski definition) is 0. The summed E-state index contributed by atoms with van der Waals surface area (Å²) in [5.74, 6) is 0.609. The number of rotatable bonds is 2. The van der Waals surface area contributed by atoms with Gasteiger partial charge in [0.25, 0.3) is 5.91 Å². The van der Waals surface area contributed by atoms with E-state index >= 15 is 0 Å². The van der Waals surface area contributed by atoms with Crippen LogP contribution >= 0.6 is 15.9 Å². The fourth-order valence-electron chi connectivity index (χ4n) is 5.14. The molecule has 2 saturated heterocycles. The first kappa shape index (κ1) is 18.4. The van der Waals surface area contributed by atoms with E-state index in [1.807, 2.05) is 16.8 Å². The molecule has 2 fully saturated rings. The van der Waals surface area contributed by atoms with E-state index in [4.69, 9.17) is 9.84 Å². The Kier molecular flexibility index (Phi) is 5.01. The summed E-state index contributed by atoms with van der Waals surface area (Å²) in [6.07, 6.45) is 7.41. The second-order valence-electron chi connectivity index (χ2n) is 8.20. The second kappa shape index (κ2) is 7.64. The molecule has 2 atom stereocenters. The highest BCUT2D eigenvalue weighted by molar-refractivity contribution is 9.10. The average molecular weight is 444 g/mol. The Balaban J connectivity index is 1.53. The highest BCUT2D eigenvalue weighted by Gasteiger charge is 2.38. The van der Waals surface area contributed by atoms with Crippen LogP contribution in [0.25, 0.3) is 5.69 Å². The maximum absolute atomic E-state index is 13.6. The predicted molar refractivity (Wildman–Crippen MR) is 111 cm³/mol. The molecule has 6 heteroatoms. The van der Waals surface area contributed by atoms with Crippen molar-refractivity contribution in [1.82, 2.24) is 14.7 Å². The quantitative estimate of drug-likeness (QED) is 0.699. The van der Waals surface area contributed by atoms with E-state index in [2.05, 4.69) is 33.0 Å². The van der Waals surface area contributed by atoms with Crippen LogP contribution in [0.3, 0.4) is 0 Å². The van der Waals surface area contributed by atoms with Crippen molar-refractivity contribution in [2.24, 2.45) is 5.92 Å². The van der Waals surface area contributed by atoms with Crippen LogP contribution in [0.5, 0.6) is 0 Å². The Morgan fingerprint density at radius 3 is 2.96 bits per heavy atom. The third-order valence-electron chi connectivity index (χ3n) is 6.50. The second-order valence-corrected chi connectivity index (χ2v) is 9.12. The van der Waals surface area contributed by atoms with Gasteiger partial charge in [-0.2, -0.15) is 5.10 Å². The van der Waals surface area contributed by atoms with Crippen LogP contribution in [-0.4, -0.2) is 46.4 Å². The Hall–Kier alpha value is -1.66. The van der Waals surface area contributed by atoms with Gasteiger partial charge in [-0.3, -0.25) is 4.79 Å². The Bertz CT molecular complexity index is 892. The number of fused-ring (bicyclic) bond motifs is 2. The molecule has 0 N–H and O–H groups in total. The van der Waals surface area contributed by atoms with E-state index in [1.165, 1.54) is 17.7 Å². The Morgan fingerprint density at radius 1 is 1.18 bits per heavy atom. The summed E-state index contributed by atoms with van der Waals surface area (Å²) in [4.78, 5) is 15.7. The van der Waals surface area contributed by atoms with E-state index in [1.54, 1.807) is 0 Å². The number of aromatic nitrogens is 2. The normalized spacial score (nSPS) is 24.5. The Labute approximate surface area is 174 Å². The van der Waals surface area contributed by atoms with Crippen LogP contribution < -0.4 is 0 Å². The highest BCUT2D eigenvalue weighted by Crippen LogP contribution is 2.33. The molecule has 5 nitrogen and oxygen atoms in total. The number of nitrogens with zero attached hydrogens (tertiary/aromatic N) is 3. The van der Waals surface area contributed by atoms with E-state index < -0.39 is 0 Å². The molecule has 2 aliphatic heterocycles. The van der Waals surface area contributed by atoms with E-state index in [-0.39, 0.29) is 5.91 Å². The van der Waals surface area contributed by atoms with Crippen LogP contribution in [0.1, 0.15) is 53.8 Å². The van der Waals surface area contributed by atoms with Gasteiger partial charge in [0, 0.05) is 40.8 Å². The average Bonchev–Trinajstić information content (AvgIpc) is 3.13. The SMILES string of the molecule is O=C(c1nn(-c2cccc(Br)c2)c2c1CCCC2)N1CCCC2COCCC21. The largest absolute Gasteiger partial charge is 0.381 e. The molecule has 1 aromatic heterocycles. The first-order valence-electron chi connectivity index (χ1n) is 10.5. The van der Waals surface area contributed by atoms with Crippen LogP contribution in [0.15, 0.2) is 28.7 Å². The fraction of sp³-hybridized carbons (Fsp3) is 0.545. The molecule has 1 amide bonds. The van der Waals surface area contributed by atoms with Crippen LogP contribution in [0.4, 0.5) is 0 Å². The number of carbonyl (C=O) groups excluding carboxylic acids is 1. The third kappa shape index (κ3) is 3.20. The van der Waals surface area contributed by atoms with Gasteiger partial charge in [0.05, 0.1) is 12.3 Å². The molecule has 3 heterocycles. The molecule has 1 aromatic carbocycles. The lowest BCUT2D eigenvalue weighted by atomic mass is 9.86. The highest BCUT2D eigenvalue weighted by atomic mass is 79.9. The molecule has 0 spiro atoms. The number of carbonyl (C=O) groups is 1. The summed E-state index contributed by atoms with van der Waals surface area (Å²) in [5, 5.41) is 4.89. The molecule has 148 valence electrons. The van der Waals surface area contributed by atoms with Gasteiger partial charge in [-0.15, -0.1) is 0 Å². The van der Waals surface area contributed by atoms with Crippen LogP contribution in [-0.2, 0) is 17.6 Å². The van der Waals surface area contributed by atoms with Crippen molar-refractivity contribution < 1.29 is 9.53 Å². The summed E-state index contributed by atoms with van der Waals surface area (Å²) in [7, 11) is 0. The zero-order chi connectivity index (χ0) is 19.1. The summed E-state index contributed by atoms with van der Waals surface area (Å²) in [5.41, 5.74) is 4.09. The lowest BCUT2D eigenvalue weighted by molar-refractivity contribution is -0.0273. The molecule has 2 unspecified atom stereocenters. The van der Waals surface area contributed by atoms with Crippen molar-refractivity contribution in [3.8, 4) is 5.69 Å². The van der Waals surface area contributed by atoms with Crippen molar-refractivity contribution in [3.05, 3.63) is 45.7 Å². The maximum Gasteiger partial charge on any atom is 0.274 e. The summed E-state index contributed by atoms with van der Waals surface area (Å²) < 4.78 is 8.71. The van der Waals surface area contributed by atoms with Gasteiger partial charge >= 0.3 is 0 Å². The molecule has 0 saturated carbocycles. The number of piperidine rings is 1. The number of hydrogen-bond acceptors (Lipinski definition) is 3. The lowest BCUT2D eigenvalue weighted by Gasteiger charge is -2.43. The number of likely N-dealkylation sites (tertiary alicyclic amines) is 1. The first-order chi connectivity index (χ1) is 13.7. The molecule has 3 aliphatic rings.